The number of rotatable bonds is 2. The van der Waals surface area contributed by atoms with Crippen molar-refractivity contribution in [3.63, 3.8) is 0 Å². The quantitative estimate of drug-likeness (QED) is 0.603. The van der Waals surface area contributed by atoms with Gasteiger partial charge in [-0.3, -0.25) is 0 Å². The van der Waals surface area contributed by atoms with Crippen LogP contribution in [0.3, 0.4) is 0 Å². The molecule has 0 aliphatic rings. The second-order valence-electron chi connectivity index (χ2n) is 3.13. The molecule has 58 valence electrons. The van der Waals surface area contributed by atoms with Crippen molar-refractivity contribution < 1.29 is 0 Å². The van der Waals surface area contributed by atoms with Gasteiger partial charge in [0.15, 0.2) is 0 Å². The van der Waals surface area contributed by atoms with Gasteiger partial charge in [0.1, 0.15) is 0 Å². The molecule has 0 saturated heterocycles. The third kappa shape index (κ3) is 4.43. The van der Waals surface area contributed by atoms with Crippen LogP contribution in [0.25, 0.3) is 0 Å². The minimum atomic E-state index is 0. The molecule has 2 heteroatoms. The molecule has 2 nitrogen and oxygen atoms in total. The van der Waals surface area contributed by atoms with E-state index in [-0.39, 0.29) is 11.7 Å². The molecule has 5 N–H and O–H groups in total. The highest BCUT2D eigenvalue weighted by Gasteiger charge is 2.17. The maximum absolute atomic E-state index is 5.79. The van der Waals surface area contributed by atoms with Crippen molar-refractivity contribution in [3.8, 4) is 0 Å². The summed E-state index contributed by atoms with van der Waals surface area (Å²) in [5, 5.41) is 0. The topological polar surface area (TPSA) is 61.0 Å². The van der Waals surface area contributed by atoms with Crippen LogP contribution in [-0.2, 0) is 0 Å². The lowest BCUT2D eigenvalue weighted by Gasteiger charge is -2.25. The standard InChI is InChI=1S/C7H17N.H3N/c1-5-6(2)7(3,4)8;/h6H,5,8H2,1-4H3;1H3. The number of nitrogens with two attached hydrogens (primary N) is 1. The summed E-state index contributed by atoms with van der Waals surface area (Å²) >= 11 is 0. The Labute approximate surface area is 58.4 Å². The van der Waals surface area contributed by atoms with Crippen LogP contribution in [0.2, 0.25) is 0 Å². The van der Waals surface area contributed by atoms with Gasteiger partial charge in [0.2, 0.25) is 0 Å². The highest BCUT2D eigenvalue weighted by molar-refractivity contribution is 4.77. The molecular formula is C7H20N2. The average Bonchev–Trinajstić information content (AvgIpc) is 1.62. The smallest absolute Gasteiger partial charge is 0.0123 e. The van der Waals surface area contributed by atoms with Gasteiger partial charge in [-0.15, -0.1) is 0 Å². The Hall–Kier alpha value is -0.0800. The molecule has 0 aromatic heterocycles. The van der Waals surface area contributed by atoms with Crippen molar-refractivity contribution in [2.24, 2.45) is 11.7 Å². The first-order chi connectivity index (χ1) is 3.48. The zero-order chi connectivity index (χ0) is 6.78. The first kappa shape index (κ1) is 11.7. The molecule has 0 bridgehead atoms. The summed E-state index contributed by atoms with van der Waals surface area (Å²) in [6.07, 6.45) is 1.17. The molecule has 9 heavy (non-hydrogen) atoms. The molecule has 0 saturated carbocycles. The zero-order valence-electron chi connectivity index (χ0n) is 7.07. The van der Waals surface area contributed by atoms with E-state index in [1.165, 1.54) is 6.42 Å². The van der Waals surface area contributed by atoms with Gasteiger partial charge in [0.05, 0.1) is 0 Å². The van der Waals surface area contributed by atoms with E-state index < -0.39 is 0 Å². The minimum Gasteiger partial charge on any atom is -0.344 e. The highest BCUT2D eigenvalue weighted by atomic mass is 14.7. The first-order valence-corrected chi connectivity index (χ1v) is 3.27. The van der Waals surface area contributed by atoms with E-state index in [0.717, 1.165) is 0 Å². The van der Waals surface area contributed by atoms with E-state index in [0.29, 0.717) is 5.92 Å². The van der Waals surface area contributed by atoms with Gasteiger partial charge in [-0.25, -0.2) is 0 Å². The largest absolute Gasteiger partial charge is 0.344 e. The Kier molecular flexibility index (Phi) is 5.00. The van der Waals surface area contributed by atoms with Crippen molar-refractivity contribution in [1.29, 1.82) is 0 Å². The summed E-state index contributed by atoms with van der Waals surface area (Å²) in [6, 6.07) is 0. The van der Waals surface area contributed by atoms with Gasteiger partial charge in [-0.2, -0.15) is 0 Å². The van der Waals surface area contributed by atoms with Gasteiger partial charge in [-0.1, -0.05) is 20.3 Å². The predicted molar refractivity (Wildman–Crippen MR) is 42.7 cm³/mol. The molecule has 0 amide bonds. The van der Waals surface area contributed by atoms with Crippen LogP contribution in [-0.4, -0.2) is 5.54 Å². The maximum Gasteiger partial charge on any atom is 0.0123 e. The summed E-state index contributed by atoms with van der Waals surface area (Å²) in [4.78, 5) is 0. The van der Waals surface area contributed by atoms with E-state index in [9.17, 15) is 0 Å². The Balaban J connectivity index is 0. The van der Waals surface area contributed by atoms with Crippen molar-refractivity contribution in [2.75, 3.05) is 0 Å². The van der Waals surface area contributed by atoms with Gasteiger partial charge < -0.3 is 11.9 Å². The summed E-state index contributed by atoms with van der Waals surface area (Å²) in [7, 11) is 0. The third-order valence-electron chi connectivity index (χ3n) is 1.88. The second kappa shape index (κ2) is 3.85. The number of hydrogen-bond donors (Lipinski definition) is 2. The van der Waals surface area contributed by atoms with E-state index in [2.05, 4.69) is 27.7 Å². The number of hydrogen-bond acceptors (Lipinski definition) is 2. The lowest BCUT2D eigenvalue weighted by molar-refractivity contribution is 0.337. The lowest BCUT2D eigenvalue weighted by Crippen LogP contribution is -2.38. The Bertz CT molecular complexity index is 63.8. The SMILES string of the molecule is CCC(C)C(C)(C)N.N. The molecule has 0 aromatic carbocycles. The van der Waals surface area contributed by atoms with Crippen molar-refractivity contribution in [2.45, 2.75) is 39.7 Å². The molecule has 0 aromatic rings. The van der Waals surface area contributed by atoms with E-state index >= 15 is 0 Å². The van der Waals surface area contributed by atoms with Gasteiger partial charge in [0, 0.05) is 5.54 Å². The second-order valence-corrected chi connectivity index (χ2v) is 3.13. The van der Waals surface area contributed by atoms with E-state index in [4.69, 9.17) is 5.73 Å². The summed E-state index contributed by atoms with van der Waals surface area (Å²) in [5.74, 6) is 0.627. The minimum absolute atomic E-state index is 0. The molecule has 0 aliphatic heterocycles. The molecule has 0 fully saturated rings. The van der Waals surface area contributed by atoms with Crippen LogP contribution in [0.4, 0.5) is 0 Å². The Morgan fingerprint density at radius 3 is 1.78 bits per heavy atom. The summed E-state index contributed by atoms with van der Waals surface area (Å²) < 4.78 is 0. The first-order valence-electron chi connectivity index (χ1n) is 3.27. The van der Waals surface area contributed by atoms with Crippen LogP contribution in [0.5, 0.6) is 0 Å². The maximum atomic E-state index is 5.79. The molecule has 0 spiro atoms. The fraction of sp³-hybridized carbons (Fsp3) is 1.00. The van der Waals surface area contributed by atoms with E-state index in [1.807, 2.05) is 0 Å². The zero-order valence-corrected chi connectivity index (χ0v) is 7.07. The van der Waals surface area contributed by atoms with Gasteiger partial charge in [0.25, 0.3) is 0 Å². The Morgan fingerprint density at radius 1 is 1.44 bits per heavy atom. The fourth-order valence-electron chi connectivity index (χ4n) is 0.526. The molecule has 1 atom stereocenters. The fourth-order valence-corrected chi connectivity index (χ4v) is 0.526. The van der Waals surface area contributed by atoms with Crippen LogP contribution in [0.15, 0.2) is 0 Å². The molecule has 0 radical (unpaired) electrons. The van der Waals surface area contributed by atoms with E-state index in [1.54, 1.807) is 0 Å². The Morgan fingerprint density at radius 2 is 1.78 bits per heavy atom. The van der Waals surface area contributed by atoms with Crippen molar-refractivity contribution >= 4 is 0 Å². The highest BCUT2D eigenvalue weighted by Crippen LogP contribution is 2.14. The van der Waals surface area contributed by atoms with Crippen LogP contribution >= 0.6 is 0 Å². The molecule has 0 aliphatic carbocycles. The lowest BCUT2D eigenvalue weighted by atomic mass is 9.88. The van der Waals surface area contributed by atoms with Crippen LogP contribution < -0.4 is 11.9 Å². The van der Waals surface area contributed by atoms with Crippen LogP contribution in [0.1, 0.15) is 34.1 Å². The predicted octanol–water partition coefficient (Wildman–Crippen LogP) is 1.93. The molecular weight excluding hydrogens is 112 g/mol. The molecule has 0 heterocycles. The van der Waals surface area contributed by atoms with Crippen molar-refractivity contribution in [1.82, 2.24) is 6.15 Å². The summed E-state index contributed by atoms with van der Waals surface area (Å²) in [5.41, 5.74) is 5.80. The average molecular weight is 132 g/mol. The van der Waals surface area contributed by atoms with Gasteiger partial charge in [-0.05, 0) is 19.8 Å². The van der Waals surface area contributed by atoms with Crippen LogP contribution in [0, 0.1) is 5.92 Å². The summed E-state index contributed by atoms with van der Waals surface area (Å²) in [6.45, 7) is 8.49. The third-order valence-corrected chi connectivity index (χ3v) is 1.88. The normalized spacial score (nSPS) is 14.3. The molecule has 0 rings (SSSR count). The molecule has 1 unspecified atom stereocenters. The monoisotopic (exact) mass is 132 g/mol. The van der Waals surface area contributed by atoms with Crippen molar-refractivity contribution in [3.05, 3.63) is 0 Å². The van der Waals surface area contributed by atoms with Gasteiger partial charge >= 0.3 is 0 Å².